The molecule has 122 valence electrons. The molecule has 0 radical (unpaired) electrons. The first-order valence-electron chi connectivity index (χ1n) is 7.72. The Hall–Kier alpha value is -1.95. The summed E-state index contributed by atoms with van der Waals surface area (Å²) in [7, 11) is 1.60. The normalized spacial score (nSPS) is 14.6. The van der Waals surface area contributed by atoms with Crippen LogP contribution >= 0.6 is 0 Å². The van der Waals surface area contributed by atoms with Gasteiger partial charge in [0.1, 0.15) is 6.61 Å². The maximum Gasteiger partial charge on any atom is 0.191 e. The van der Waals surface area contributed by atoms with Gasteiger partial charge in [0.25, 0.3) is 0 Å². The summed E-state index contributed by atoms with van der Waals surface area (Å²) >= 11 is 0. The third kappa shape index (κ3) is 5.11. The molecule has 6 heteroatoms. The first-order chi connectivity index (χ1) is 10.8. The van der Waals surface area contributed by atoms with E-state index in [2.05, 4.69) is 22.5 Å². The van der Waals surface area contributed by atoms with Gasteiger partial charge in [-0.3, -0.25) is 0 Å². The Labute approximate surface area is 131 Å². The van der Waals surface area contributed by atoms with Crippen LogP contribution in [-0.2, 0) is 6.54 Å². The Morgan fingerprint density at radius 1 is 1.36 bits per heavy atom. The number of hydrogen-bond acceptors (Lipinski definition) is 4. The Morgan fingerprint density at radius 3 is 2.82 bits per heavy atom. The molecule has 22 heavy (non-hydrogen) atoms. The van der Waals surface area contributed by atoms with Gasteiger partial charge in [-0.25, -0.2) is 4.99 Å². The average molecular weight is 307 g/mol. The number of nitrogens with zero attached hydrogens (tertiary/aromatic N) is 1. The van der Waals surface area contributed by atoms with E-state index in [0.29, 0.717) is 24.1 Å². The third-order valence-corrected chi connectivity index (χ3v) is 3.26. The summed E-state index contributed by atoms with van der Waals surface area (Å²) in [6, 6.07) is 6.29. The summed E-state index contributed by atoms with van der Waals surface area (Å²) < 4.78 is 10.7. The van der Waals surface area contributed by atoms with Crippen molar-refractivity contribution in [3.8, 4) is 11.5 Å². The van der Waals surface area contributed by atoms with Gasteiger partial charge in [0.2, 0.25) is 0 Å². The zero-order valence-corrected chi connectivity index (χ0v) is 13.3. The molecule has 1 aromatic rings. The van der Waals surface area contributed by atoms with E-state index in [1.807, 2.05) is 18.2 Å². The van der Waals surface area contributed by atoms with Gasteiger partial charge < -0.3 is 25.2 Å². The number of nitrogens with one attached hydrogen (secondary N) is 2. The maximum absolute atomic E-state index is 8.82. The van der Waals surface area contributed by atoms with E-state index in [4.69, 9.17) is 14.6 Å². The molecule has 0 saturated heterocycles. The van der Waals surface area contributed by atoms with E-state index < -0.39 is 0 Å². The van der Waals surface area contributed by atoms with Crippen molar-refractivity contribution in [2.45, 2.75) is 32.4 Å². The number of aliphatic hydroxyl groups is 1. The molecule has 0 heterocycles. The minimum Gasteiger partial charge on any atom is -0.493 e. The van der Waals surface area contributed by atoms with E-state index in [0.717, 1.165) is 18.1 Å². The number of benzene rings is 1. The number of aliphatic hydroxyl groups excluding tert-OH is 1. The number of hydrogen-bond donors (Lipinski definition) is 3. The van der Waals surface area contributed by atoms with Crippen LogP contribution in [0, 0.1) is 0 Å². The van der Waals surface area contributed by atoms with Gasteiger partial charge in [0.05, 0.1) is 20.3 Å². The average Bonchev–Trinajstić information content (AvgIpc) is 3.35. The molecule has 0 atom stereocenters. The van der Waals surface area contributed by atoms with Crippen molar-refractivity contribution < 1.29 is 14.6 Å². The van der Waals surface area contributed by atoms with Crippen LogP contribution in [-0.4, -0.2) is 44.0 Å². The lowest BCUT2D eigenvalue weighted by atomic mass is 10.2. The molecule has 2 rings (SSSR count). The smallest absolute Gasteiger partial charge is 0.191 e. The number of rotatable bonds is 8. The van der Waals surface area contributed by atoms with E-state index in [-0.39, 0.29) is 13.2 Å². The summed E-state index contributed by atoms with van der Waals surface area (Å²) in [4.78, 5) is 4.59. The van der Waals surface area contributed by atoms with E-state index in [1.165, 1.54) is 12.8 Å². The van der Waals surface area contributed by atoms with Gasteiger partial charge in [-0.2, -0.15) is 0 Å². The largest absolute Gasteiger partial charge is 0.493 e. The van der Waals surface area contributed by atoms with Crippen LogP contribution < -0.4 is 20.1 Å². The van der Waals surface area contributed by atoms with Crippen LogP contribution in [0.5, 0.6) is 11.5 Å². The molecule has 6 nitrogen and oxygen atoms in total. The molecule has 1 aromatic carbocycles. The quantitative estimate of drug-likeness (QED) is 0.498. The molecule has 1 fully saturated rings. The van der Waals surface area contributed by atoms with Gasteiger partial charge in [-0.15, -0.1) is 0 Å². The predicted octanol–water partition coefficient (Wildman–Crippen LogP) is 1.28. The topological polar surface area (TPSA) is 75.1 Å². The fourth-order valence-corrected chi connectivity index (χ4v) is 2.00. The fraction of sp³-hybridized carbons (Fsp3) is 0.562. The fourth-order valence-electron chi connectivity index (χ4n) is 2.00. The SMILES string of the molecule is CCNC(=NCc1ccc(OCCO)c(OC)c1)NC1CC1. The number of guanidine groups is 1. The highest BCUT2D eigenvalue weighted by atomic mass is 16.5. The molecule has 0 amide bonds. The second kappa shape index (κ2) is 8.48. The van der Waals surface area contributed by atoms with Gasteiger partial charge >= 0.3 is 0 Å². The van der Waals surface area contributed by atoms with E-state index in [1.54, 1.807) is 7.11 Å². The van der Waals surface area contributed by atoms with Crippen molar-refractivity contribution in [2.75, 3.05) is 26.9 Å². The molecule has 1 saturated carbocycles. The molecule has 1 aliphatic carbocycles. The van der Waals surface area contributed by atoms with Gasteiger partial charge in [-0.05, 0) is 37.5 Å². The van der Waals surface area contributed by atoms with Crippen LogP contribution in [0.4, 0.5) is 0 Å². The van der Waals surface area contributed by atoms with Crippen molar-refractivity contribution in [3.63, 3.8) is 0 Å². The second-order valence-corrected chi connectivity index (χ2v) is 5.17. The summed E-state index contributed by atoms with van der Waals surface area (Å²) in [5.41, 5.74) is 1.04. The van der Waals surface area contributed by atoms with Gasteiger partial charge in [0.15, 0.2) is 17.5 Å². The zero-order valence-electron chi connectivity index (χ0n) is 13.3. The van der Waals surface area contributed by atoms with Gasteiger partial charge in [0, 0.05) is 12.6 Å². The molecule has 3 N–H and O–H groups in total. The second-order valence-electron chi connectivity index (χ2n) is 5.17. The van der Waals surface area contributed by atoms with Crippen LogP contribution in [0.2, 0.25) is 0 Å². The summed E-state index contributed by atoms with van der Waals surface area (Å²) in [6.45, 7) is 3.70. The van der Waals surface area contributed by atoms with Crippen molar-refractivity contribution in [1.29, 1.82) is 0 Å². The van der Waals surface area contributed by atoms with Crippen LogP contribution in [0.15, 0.2) is 23.2 Å². The lowest BCUT2D eigenvalue weighted by Gasteiger charge is -2.12. The van der Waals surface area contributed by atoms with Gasteiger partial charge in [-0.1, -0.05) is 6.07 Å². The molecule has 0 bridgehead atoms. The zero-order chi connectivity index (χ0) is 15.8. The van der Waals surface area contributed by atoms with Crippen molar-refractivity contribution in [1.82, 2.24) is 10.6 Å². The lowest BCUT2D eigenvalue weighted by molar-refractivity contribution is 0.196. The van der Waals surface area contributed by atoms with Crippen LogP contribution in [0.25, 0.3) is 0 Å². The molecule has 0 unspecified atom stereocenters. The van der Waals surface area contributed by atoms with Crippen molar-refractivity contribution in [2.24, 2.45) is 4.99 Å². The van der Waals surface area contributed by atoms with E-state index in [9.17, 15) is 0 Å². The third-order valence-electron chi connectivity index (χ3n) is 3.26. The Balaban J connectivity index is 2.00. The highest BCUT2D eigenvalue weighted by Crippen LogP contribution is 2.28. The monoisotopic (exact) mass is 307 g/mol. The minimum absolute atomic E-state index is 0.0198. The Morgan fingerprint density at radius 2 is 2.18 bits per heavy atom. The summed E-state index contributed by atoms with van der Waals surface area (Å²) in [5.74, 6) is 2.14. The minimum atomic E-state index is -0.0198. The first-order valence-corrected chi connectivity index (χ1v) is 7.72. The highest BCUT2D eigenvalue weighted by molar-refractivity contribution is 5.80. The standard InChI is InChI=1S/C16H25N3O3/c1-3-17-16(19-13-5-6-13)18-11-12-4-7-14(22-9-8-20)15(10-12)21-2/h4,7,10,13,20H,3,5-6,8-9,11H2,1-2H3,(H2,17,18,19). The molecular weight excluding hydrogens is 282 g/mol. The highest BCUT2D eigenvalue weighted by Gasteiger charge is 2.22. The first kappa shape index (κ1) is 16.4. The molecule has 1 aliphatic rings. The summed E-state index contributed by atoms with van der Waals surface area (Å²) in [6.07, 6.45) is 2.43. The Kier molecular flexibility index (Phi) is 6.33. The molecular formula is C16H25N3O3. The number of ether oxygens (including phenoxy) is 2. The van der Waals surface area contributed by atoms with E-state index >= 15 is 0 Å². The van der Waals surface area contributed by atoms with Crippen LogP contribution in [0.3, 0.4) is 0 Å². The molecule has 0 aliphatic heterocycles. The van der Waals surface area contributed by atoms with Crippen molar-refractivity contribution in [3.05, 3.63) is 23.8 Å². The van der Waals surface area contributed by atoms with Crippen LogP contribution in [0.1, 0.15) is 25.3 Å². The predicted molar refractivity (Wildman–Crippen MR) is 86.5 cm³/mol. The molecule has 0 spiro atoms. The lowest BCUT2D eigenvalue weighted by Crippen LogP contribution is -2.38. The summed E-state index contributed by atoms with van der Waals surface area (Å²) in [5, 5.41) is 15.5. The maximum atomic E-state index is 8.82. The number of methoxy groups -OCH3 is 1. The Bertz CT molecular complexity index is 501. The molecule has 0 aromatic heterocycles. The van der Waals surface area contributed by atoms with Crippen molar-refractivity contribution >= 4 is 5.96 Å². The number of aliphatic imine (C=N–C) groups is 1.